The van der Waals surface area contributed by atoms with Gasteiger partial charge in [0.1, 0.15) is 5.54 Å². The topological polar surface area (TPSA) is 39.1 Å². The number of likely N-dealkylation sites (tertiary alicyclic amines) is 1. The van der Waals surface area contributed by atoms with Crippen LogP contribution in [-0.2, 0) is 0 Å². The molecule has 1 aliphatic heterocycles. The summed E-state index contributed by atoms with van der Waals surface area (Å²) >= 11 is 0. The van der Waals surface area contributed by atoms with Crippen LogP contribution in [0, 0.1) is 29.1 Å². The van der Waals surface area contributed by atoms with Gasteiger partial charge in [0.15, 0.2) is 0 Å². The van der Waals surface area contributed by atoms with Crippen LogP contribution in [-0.4, -0.2) is 36.1 Å². The first-order valence-electron chi connectivity index (χ1n) is 8.86. The molecule has 1 N–H and O–H groups in total. The highest BCUT2D eigenvalue weighted by Crippen LogP contribution is 2.38. The number of nitrogens with one attached hydrogen (secondary N) is 1. The summed E-state index contributed by atoms with van der Waals surface area (Å²) in [4.78, 5) is 2.63. The molecule has 1 aliphatic carbocycles. The summed E-state index contributed by atoms with van der Waals surface area (Å²) in [5.41, 5.74) is -0.263. The van der Waals surface area contributed by atoms with Crippen LogP contribution in [0.4, 0.5) is 0 Å². The van der Waals surface area contributed by atoms with Crippen molar-refractivity contribution in [2.45, 2.75) is 71.4 Å². The number of piperidine rings is 1. The van der Waals surface area contributed by atoms with Crippen molar-refractivity contribution in [3.05, 3.63) is 0 Å². The van der Waals surface area contributed by atoms with E-state index in [1.165, 1.54) is 45.3 Å². The van der Waals surface area contributed by atoms with Crippen LogP contribution in [0.25, 0.3) is 0 Å². The molecule has 0 bridgehead atoms. The van der Waals surface area contributed by atoms with E-state index in [-0.39, 0.29) is 5.54 Å². The van der Waals surface area contributed by atoms with E-state index in [1.54, 1.807) is 0 Å². The number of hydrogen-bond acceptors (Lipinski definition) is 3. The lowest BCUT2D eigenvalue weighted by molar-refractivity contribution is 0.127. The second-order valence-electron chi connectivity index (χ2n) is 7.97. The average molecular weight is 291 g/mol. The predicted molar refractivity (Wildman–Crippen MR) is 88.0 cm³/mol. The normalized spacial score (nSPS) is 37.8. The Bertz CT molecular complexity index is 363. The lowest BCUT2D eigenvalue weighted by Gasteiger charge is -2.37. The Balaban J connectivity index is 1.91. The highest BCUT2D eigenvalue weighted by Gasteiger charge is 2.43. The van der Waals surface area contributed by atoms with E-state index in [0.717, 1.165) is 18.3 Å². The highest BCUT2D eigenvalue weighted by atomic mass is 15.1. The van der Waals surface area contributed by atoms with Gasteiger partial charge in [-0.25, -0.2) is 0 Å². The van der Waals surface area contributed by atoms with Gasteiger partial charge in [0.25, 0.3) is 0 Å². The summed E-state index contributed by atoms with van der Waals surface area (Å²) < 4.78 is 0. The Morgan fingerprint density at radius 3 is 2.52 bits per heavy atom. The molecule has 4 unspecified atom stereocenters. The fourth-order valence-electron chi connectivity index (χ4n) is 4.67. The standard InChI is InChI=1S/C18H33N3/c1-14(2)20-18(13-19)8-5-6-17(18)7-9-21-11-15(3)10-16(4)12-21/h14-17,20H,5-12H2,1-4H3. The monoisotopic (exact) mass is 291 g/mol. The van der Waals surface area contributed by atoms with Gasteiger partial charge in [-0.1, -0.05) is 20.3 Å². The molecular weight excluding hydrogens is 258 g/mol. The maximum Gasteiger partial charge on any atom is 0.109 e. The Labute approximate surface area is 131 Å². The van der Waals surface area contributed by atoms with Gasteiger partial charge >= 0.3 is 0 Å². The first-order chi connectivity index (χ1) is 9.95. The van der Waals surface area contributed by atoms with Crippen LogP contribution in [0.5, 0.6) is 0 Å². The van der Waals surface area contributed by atoms with Crippen molar-refractivity contribution in [2.75, 3.05) is 19.6 Å². The molecule has 1 heterocycles. The average Bonchev–Trinajstić information content (AvgIpc) is 2.78. The Morgan fingerprint density at radius 1 is 1.29 bits per heavy atom. The number of nitriles is 1. The maximum atomic E-state index is 9.73. The molecule has 4 atom stereocenters. The molecule has 1 saturated carbocycles. The van der Waals surface area contributed by atoms with Crippen molar-refractivity contribution >= 4 is 0 Å². The van der Waals surface area contributed by atoms with Crippen molar-refractivity contribution in [1.82, 2.24) is 10.2 Å². The summed E-state index contributed by atoms with van der Waals surface area (Å²) in [6.07, 6.45) is 5.99. The molecule has 0 radical (unpaired) electrons. The number of hydrogen-bond donors (Lipinski definition) is 1. The van der Waals surface area contributed by atoms with E-state index in [0.29, 0.717) is 12.0 Å². The molecule has 2 fully saturated rings. The van der Waals surface area contributed by atoms with E-state index in [2.05, 4.69) is 44.0 Å². The highest BCUT2D eigenvalue weighted by molar-refractivity contribution is 5.14. The van der Waals surface area contributed by atoms with Crippen LogP contribution in [0.1, 0.15) is 59.8 Å². The fourth-order valence-corrected chi connectivity index (χ4v) is 4.67. The van der Waals surface area contributed by atoms with Crippen LogP contribution in [0.2, 0.25) is 0 Å². The van der Waals surface area contributed by atoms with Crippen molar-refractivity contribution in [3.63, 3.8) is 0 Å². The van der Waals surface area contributed by atoms with Gasteiger partial charge < -0.3 is 4.90 Å². The molecule has 2 rings (SSSR count). The fraction of sp³-hybridized carbons (Fsp3) is 0.944. The van der Waals surface area contributed by atoms with Gasteiger partial charge in [0.05, 0.1) is 6.07 Å². The zero-order valence-corrected chi connectivity index (χ0v) is 14.4. The molecule has 3 nitrogen and oxygen atoms in total. The van der Waals surface area contributed by atoms with E-state index < -0.39 is 0 Å². The lowest BCUT2D eigenvalue weighted by Crippen LogP contribution is -2.51. The summed E-state index contributed by atoms with van der Waals surface area (Å²) in [5, 5.41) is 13.3. The zero-order chi connectivity index (χ0) is 15.5. The molecule has 0 spiro atoms. The van der Waals surface area contributed by atoms with Crippen LogP contribution >= 0.6 is 0 Å². The second-order valence-corrected chi connectivity index (χ2v) is 7.97. The zero-order valence-electron chi connectivity index (χ0n) is 14.4. The molecule has 120 valence electrons. The molecule has 0 amide bonds. The van der Waals surface area contributed by atoms with Gasteiger partial charge in [-0.3, -0.25) is 5.32 Å². The number of rotatable bonds is 5. The molecule has 2 aliphatic rings. The molecule has 21 heavy (non-hydrogen) atoms. The third-order valence-corrected chi connectivity index (χ3v) is 5.30. The number of nitrogens with zero attached hydrogens (tertiary/aromatic N) is 2. The molecule has 1 saturated heterocycles. The minimum absolute atomic E-state index is 0.263. The first-order valence-corrected chi connectivity index (χ1v) is 8.86. The molecule has 0 aromatic carbocycles. The van der Waals surface area contributed by atoms with E-state index in [9.17, 15) is 5.26 Å². The van der Waals surface area contributed by atoms with Gasteiger partial charge in [-0.05, 0) is 63.8 Å². The van der Waals surface area contributed by atoms with E-state index in [1.807, 2.05) is 0 Å². The minimum atomic E-state index is -0.263. The third-order valence-electron chi connectivity index (χ3n) is 5.30. The SMILES string of the molecule is CC1CC(C)CN(CCC2CCCC2(C#N)NC(C)C)C1. The smallest absolute Gasteiger partial charge is 0.109 e. The van der Waals surface area contributed by atoms with Crippen LogP contribution < -0.4 is 5.32 Å². The van der Waals surface area contributed by atoms with Crippen LogP contribution in [0.15, 0.2) is 0 Å². The lowest BCUT2D eigenvalue weighted by atomic mass is 9.84. The molecular formula is C18H33N3. The Kier molecular flexibility index (Phi) is 5.68. The second kappa shape index (κ2) is 7.11. The predicted octanol–water partition coefficient (Wildman–Crippen LogP) is 3.41. The summed E-state index contributed by atoms with van der Waals surface area (Å²) in [6.45, 7) is 12.7. The summed E-state index contributed by atoms with van der Waals surface area (Å²) in [7, 11) is 0. The quantitative estimate of drug-likeness (QED) is 0.843. The Hall–Kier alpha value is -0.590. The van der Waals surface area contributed by atoms with Crippen molar-refractivity contribution in [2.24, 2.45) is 17.8 Å². The van der Waals surface area contributed by atoms with Crippen molar-refractivity contribution in [3.8, 4) is 6.07 Å². The van der Waals surface area contributed by atoms with E-state index in [4.69, 9.17) is 0 Å². The third kappa shape index (κ3) is 4.20. The van der Waals surface area contributed by atoms with Gasteiger partial charge in [-0.15, -0.1) is 0 Å². The Morgan fingerprint density at radius 2 is 1.95 bits per heavy atom. The van der Waals surface area contributed by atoms with E-state index >= 15 is 0 Å². The van der Waals surface area contributed by atoms with Crippen molar-refractivity contribution < 1.29 is 0 Å². The molecule has 0 aromatic heterocycles. The minimum Gasteiger partial charge on any atom is -0.303 e. The van der Waals surface area contributed by atoms with Crippen LogP contribution in [0.3, 0.4) is 0 Å². The first kappa shape index (κ1) is 16.8. The molecule has 0 aromatic rings. The largest absolute Gasteiger partial charge is 0.303 e. The maximum absolute atomic E-state index is 9.73. The summed E-state index contributed by atoms with van der Waals surface area (Å²) in [6, 6.07) is 3.02. The molecule has 3 heteroatoms. The van der Waals surface area contributed by atoms with Gasteiger partial charge in [0.2, 0.25) is 0 Å². The summed E-state index contributed by atoms with van der Waals surface area (Å²) in [5.74, 6) is 2.18. The van der Waals surface area contributed by atoms with Gasteiger partial charge in [-0.2, -0.15) is 5.26 Å². The van der Waals surface area contributed by atoms with Gasteiger partial charge in [0, 0.05) is 19.1 Å². The van der Waals surface area contributed by atoms with Crippen molar-refractivity contribution in [1.29, 1.82) is 5.26 Å².